The van der Waals surface area contributed by atoms with Gasteiger partial charge in [-0.05, 0) is 5.92 Å². The fourth-order valence-electron chi connectivity index (χ4n) is 0.295. The van der Waals surface area contributed by atoms with E-state index in [-0.39, 0.29) is 0 Å². The molecule has 0 aliphatic rings. The Balaban J connectivity index is -0.0000000686. The predicted octanol–water partition coefficient (Wildman–Crippen LogP) is 3.26. The average Bonchev–Trinajstić information content (AvgIpc) is 2.33. The number of rotatable bonds is 2. The second kappa shape index (κ2) is 29.2. The number of hydrogen-bond acceptors (Lipinski definition) is 3. The molecular formula is C12H29NO3. The van der Waals surface area contributed by atoms with Gasteiger partial charge in [0, 0.05) is 13.5 Å². The summed E-state index contributed by atoms with van der Waals surface area (Å²) in [5, 5.41) is 2.25. The lowest BCUT2D eigenvalue weighted by molar-refractivity contribution is -0.108. The van der Waals surface area contributed by atoms with Crippen molar-refractivity contribution in [2.24, 2.45) is 5.92 Å². The van der Waals surface area contributed by atoms with Gasteiger partial charge in [-0.1, -0.05) is 41.5 Å². The van der Waals surface area contributed by atoms with Gasteiger partial charge < -0.3 is 14.8 Å². The van der Waals surface area contributed by atoms with Crippen LogP contribution in [0.25, 0.3) is 0 Å². The lowest BCUT2D eigenvalue weighted by Crippen LogP contribution is -2.16. The van der Waals surface area contributed by atoms with Gasteiger partial charge in [0.25, 0.3) is 0 Å². The summed E-state index contributed by atoms with van der Waals surface area (Å²) in [7, 11) is 2.82. The smallest absolute Gasteiger partial charge is 0.406 e. The third-order valence-corrected chi connectivity index (χ3v) is 0.957. The van der Waals surface area contributed by atoms with E-state index in [4.69, 9.17) is 0 Å². The zero-order chi connectivity index (χ0) is 14.0. The minimum Gasteiger partial charge on any atom is -0.453 e. The number of nitrogens with one attached hydrogen (secondary N) is 1. The molecule has 4 heteroatoms. The summed E-state index contributed by atoms with van der Waals surface area (Å²) in [5.74, 6) is 0.530. The maximum Gasteiger partial charge on any atom is 0.406 e. The van der Waals surface area contributed by atoms with Crippen LogP contribution in [0, 0.1) is 5.92 Å². The maximum absolute atomic E-state index is 9.85. The van der Waals surface area contributed by atoms with E-state index >= 15 is 0 Å². The fraction of sp³-hybridized carbons (Fsp3) is 0.833. The van der Waals surface area contributed by atoms with Crippen LogP contribution in [0.5, 0.6) is 0 Å². The molecule has 0 aromatic heterocycles. The zero-order valence-corrected chi connectivity index (χ0v) is 12.1. The van der Waals surface area contributed by atoms with Gasteiger partial charge in [-0.2, -0.15) is 0 Å². The van der Waals surface area contributed by atoms with Crippen LogP contribution in [0.15, 0.2) is 0 Å². The minimum atomic E-state index is -0.407. The molecule has 0 spiro atoms. The van der Waals surface area contributed by atoms with E-state index in [1.807, 2.05) is 41.5 Å². The van der Waals surface area contributed by atoms with Gasteiger partial charge >= 0.3 is 6.09 Å². The standard InChI is InChI=1S/C5H10O.C3H7NO2.2C2H6/c1-5(2)3-4-6;1-4-3(5)6-2;2*1-2/h4-5H,3H2,1-2H3;1-2H3,(H,4,5);2*1-2H3. The number of alkyl carbamates (subject to hydrolysis) is 1. The first-order chi connectivity index (χ1) is 7.58. The number of amides is 1. The zero-order valence-electron chi connectivity index (χ0n) is 12.1. The highest BCUT2D eigenvalue weighted by molar-refractivity contribution is 5.66. The summed E-state index contributed by atoms with van der Waals surface area (Å²) in [6.45, 7) is 12.0. The highest BCUT2D eigenvalue weighted by atomic mass is 16.5. The lowest BCUT2D eigenvalue weighted by Gasteiger charge is -1.90. The molecule has 0 fully saturated rings. The molecule has 0 saturated carbocycles. The Morgan fingerprint density at radius 1 is 1.25 bits per heavy atom. The number of hydrogen-bond donors (Lipinski definition) is 1. The van der Waals surface area contributed by atoms with Crippen molar-refractivity contribution >= 4 is 12.4 Å². The summed E-state index contributed by atoms with van der Waals surface area (Å²) in [6, 6.07) is 0. The number of aldehydes is 1. The summed E-state index contributed by atoms with van der Waals surface area (Å²) in [6.07, 6.45) is 1.24. The van der Waals surface area contributed by atoms with Crippen LogP contribution in [0.2, 0.25) is 0 Å². The number of carbonyl (C=O) groups excluding carboxylic acids is 2. The van der Waals surface area contributed by atoms with Gasteiger partial charge in [0.15, 0.2) is 0 Å². The van der Waals surface area contributed by atoms with Crippen LogP contribution >= 0.6 is 0 Å². The van der Waals surface area contributed by atoms with Gasteiger partial charge in [0.1, 0.15) is 6.29 Å². The van der Waals surface area contributed by atoms with E-state index in [2.05, 4.69) is 10.1 Å². The van der Waals surface area contributed by atoms with Crippen molar-refractivity contribution in [2.75, 3.05) is 14.2 Å². The molecule has 4 nitrogen and oxygen atoms in total. The topological polar surface area (TPSA) is 55.4 Å². The predicted molar refractivity (Wildman–Crippen MR) is 69.7 cm³/mol. The van der Waals surface area contributed by atoms with Gasteiger partial charge in [-0.15, -0.1) is 0 Å². The van der Waals surface area contributed by atoms with Gasteiger partial charge in [-0.25, -0.2) is 4.79 Å². The van der Waals surface area contributed by atoms with Crippen molar-refractivity contribution in [2.45, 2.75) is 48.0 Å². The molecule has 1 amide bonds. The third-order valence-electron chi connectivity index (χ3n) is 0.957. The second-order valence-corrected chi connectivity index (χ2v) is 2.54. The molecule has 0 aromatic carbocycles. The molecule has 0 aliphatic carbocycles. The number of ether oxygens (including phenoxy) is 1. The van der Waals surface area contributed by atoms with Crippen LogP contribution in [-0.4, -0.2) is 26.5 Å². The number of carbonyl (C=O) groups is 2. The number of methoxy groups -OCH3 is 1. The van der Waals surface area contributed by atoms with Crippen molar-refractivity contribution in [3.63, 3.8) is 0 Å². The minimum absolute atomic E-state index is 0.407. The monoisotopic (exact) mass is 235 g/mol. The van der Waals surface area contributed by atoms with Crippen molar-refractivity contribution in [3.8, 4) is 0 Å². The van der Waals surface area contributed by atoms with E-state index in [1.54, 1.807) is 0 Å². The first kappa shape index (κ1) is 24.3. The lowest BCUT2D eigenvalue weighted by atomic mass is 10.2. The summed E-state index contributed by atoms with van der Waals surface area (Å²) in [5.41, 5.74) is 0. The Bertz CT molecular complexity index is 119. The molecule has 16 heavy (non-hydrogen) atoms. The normalized spacial score (nSPS) is 6.81. The van der Waals surface area contributed by atoms with E-state index in [0.717, 1.165) is 6.29 Å². The largest absolute Gasteiger partial charge is 0.453 e. The van der Waals surface area contributed by atoms with Crippen LogP contribution in [0.3, 0.4) is 0 Å². The van der Waals surface area contributed by atoms with Gasteiger partial charge in [0.2, 0.25) is 0 Å². The Hall–Kier alpha value is -1.06. The van der Waals surface area contributed by atoms with E-state index in [9.17, 15) is 9.59 Å². The quantitative estimate of drug-likeness (QED) is 0.747. The van der Waals surface area contributed by atoms with E-state index in [0.29, 0.717) is 12.3 Å². The second-order valence-electron chi connectivity index (χ2n) is 2.54. The molecular weight excluding hydrogens is 206 g/mol. The molecule has 0 aromatic rings. The fourth-order valence-corrected chi connectivity index (χ4v) is 0.295. The Morgan fingerprint density at radius 2 is 1.62 bits per heavy atom. The summed E-state index contributed by atoms with van der Waals surface area (Å²) >= 11 is 0. The van der Waals surface area contributed by atoms with Crippen LogP contribution in [0.1, 0.15) is 48.0 Å². The first-order valence-corrected chi connectivity index (χ1v) is 5.77. The summed E-state index contributed by atoms with van der Waals surface area (Å²) < 4.78 is 4.15. The van der Waals surface area contributed by atoms with Crippen molar-refractivity contribution in [3.05, 3.63) is 0 Å². The SMILES string of the molecule is CC.CC.CC(C)CC=O.CNC(=O)OC. The van der Waals surface area contributed by atoms with Crippen LogP contribution in [0.4, 0.5) is 4.79 Å². The molecule has 1 N–H and O–H groups in total. The Morgan fingerprint density at radius 3 is 1.62 bits per heavy atom. The molecule has 0 bridgehead atoms. The van der Waals surface area contributed by atoms with E-state index in [1.165, 1.54) is 14.2 Å². The van der Waals surface area contributed by atoms with Crippen LogP contribution < -0.4 is 5.32 Å². The maximum atomic E-state index is 9.85. The van der Waals surface area contributed by atoms with E-state index < -0.39 is 6.09 Å². The summed E-state index contributed by atoms with van der Waals surface area (Å²) in [4.78, 5) is 19.5. The molecule has 0 radical (unpaired) electrons. The van der Waals surface area contributed by atoms with Gasteiger partial charge in [-0.3, -0.25) is 0 Å². The Labute approximate surface area is 101 Å². The van der Waals surface area contributed by atoms with Gasteiger partial charge in [0.05, 0.1) is 7.11 Å². The average molecular weight is 235 g/mol. The third kappa shape index (κ3) is 52.3. The molecule has 0 rings (SSSR count). The van der Waals surface area contributed by atoms with Crippen molar-refractivity contribution in [1.29, 1.82) is 0 Å². The molecule has 0 saturated heterocycles. The van der Waals surface area contributed by atoms with Crippen molar-refractivity contribution in [1.82, 2.24) is 5.32 Å². The highest BCUT2D eigenvalue weighted by Crippen LogP contribution is 1.92. The first-order valence-electron chi connectivity index (χ1n) is 5.77. The molecule has 0 atom stereocenters. The van der Waals surface area contributed by atoms with Crippen molar-refractivity contribution < 1.29 is 14.3 Å². The Kier molecular flexibility index (Phi) is 44.3. The molecule has 0 unspecified atom stereocenters. The van der Waals surface area contributed by atoms with Crippen LogP contribution in [-0.2, 0) is 9.53 Å². The molecule has 0 aliphatic heterocycles. The highest BCUT2D eigenvalue weighted by Gasteiger charge is 1.86. The molecule has 100 valence electrons. The molecule has 0 heterocycles.